The van der Waals surface area contributed by atoms with E-state index < -0.39 is 18.8 Å². The SMILES string of the molecule is CCC[CH2][Sn]([CH2]CCC)([CH2]CCC)[O]C(C)(C)CC1(C)CO1. The van der Waals surface area contributed by atoms with Gasteiger partial charge in [-0.25, -0.2) is 0 Å². The molecular weight excluding hydrogens is 379 g/mol. The van der Waals surface area contributed by atoms with Crippen LogP contribution in [0.2, 0.25) is 13.3 Å². The van der Waals surface area contributed by atoms with Crippen molar-refractivity contribution in [3.8, 4) is 0 Å². The van der Waals surface area contributed by atoms with Crippen LogP contribution in [-0.2, 0) is 7.81 Å². The molecule has 2 nitrogen and oxygen atoms in total. The van der Waals surface area contributed by atoms with Crippen LogP contribution in [0.4, 0.5) is 0 Å². The first-order valence-electron chi connectivity index (χ1n) is 9.64. The molecule has 1 saturated heterocycles. The van der Waals surface area contributed by atoms with E-state index in [1.807, 2.05) is 0 Å². The molecule has 22 heavy (non-hydrogen) atoms. The summed E-state index contributed by atoms with van der Waals surface area (Å²) in [6.45, 7) is 14.7. The Labute approximate surface area is 144 Å². The minimum absolute atomic E-state index is 0.00342. The van der Waals surface area contributed by atoms with E-state index in [1.54, 1.807) is 0 Å². The van der Waals surface area contributed by atoms with Gasteiger partial charge in [-0.2, -0.15) is 0 Å². The van der Waals surface area contributed by atoms with Crippen molar-refractivity contribution in [3.05, 3.63) is 0 Å². The summed E-state index contributed by atoms with van der Waals surface area (Å²) in [5, 5.41) is 0. The standard InChI is InChI=1S/C7H13O2.3C4H9.Sn/c1-6(2,8)4-7(3)5-9-7;3*1-3-4-2;/h4-5H2,1-3H3;3*1,3-4H2,2H3;/q-1;;;;+1. The maximum atomic E-state index is 7.08. The van der Waals surface area contributed by atoms with Crippen molar-refractivity contribution in [3.63, 3.8) is 0 Å². The van der Waals surface area contributed by atoms with Crippen LogP contribution in [0.5, 0.6) is 0 Å². The zero-order valence-electron chi connectivity index (χ0n) is 16.1. The number of hydrogen-bond donors (Lipinski definition) is 0. The summed E-state index contributed by atoms with van der Waals surface area (Å²) >= 11 is -2.49. The van der Waals surface area contributed by atoms with Crippen LogP contribution in [0.25, 0.3) is 0 Å². The molecule has 1 heterocycles. The van der Waals surface area contributed by atoms with Crippen LogP contribution in [0.3, 0.4) is 0 Å². The van der Waals surface area contributed by atoms with Crippen LogP contribution in [0.1, 0.15) is 86.5 Å². The van der Waals surface area contributed by atoms with Crippen molar-refractivity contribution in [2.45, 2.75) is 111 Å². The van der Waals surface area contributed by atoms with Crippen molar-refractivity contribution in [1.29, 1.82) is 0 Å². The van der Waals surface area contributed by atoms with E-state index in [0.717, 1.165) is 13.0 Å². The minimum atomic E-state index is -2.49. The van der Waals surface area contributed by atoms with Crippen molar-refractivity contribution < 1.29 is 7.81 Å². The van der Waals surface area contributed by atoms with Crippen LogP contribution in [0, 0.1) is 0 Å². The number of hydrogen-bond acceptors (Lipinski definition) is 2. The molecule has 0 spiro atoms. The van der Waals surface area contributed by atoms with E-state index >= 15 is 0 Å². The number of epoxide rings is 1. The Kier molecular flexibility index (Phi) is 8.75. The van der Waals surface area contributed by atoms with Crippen molar-refractivity contribution >= 4 is 18.8 Å². The Morgan fingerprint density at radius 2 is 1.36 bits per heavy atom. The predicted molar refractivity (Wildman–Crippen MR) is 99.0 cm³/mol. The molecule has 3 heteroatoms. The molecule has 1 aliphatic heterocycles. The van der Waals surface area contributed by atoms with Gasteiger partial charge in [-0.15, -0.1) is 0 Å². The number of rotatable bonds is 13. The van der Waals surface area contributed by atoms with Crippen LogP contribution < -0.4 is 0 Å². The second-order valence-electron chi connectivity index (χ2n) is 8.27. The zero-order chi connectivity index (χ0) is 16.7. The van der Waals surface area contributed by atoms with Crippen molar-refractivity contribution in [2.75, 3.05) is 6.61 Å². The Bertz CT molecular complexity index is 289. The Morgan fingerprint density at radius 3 is 1.68 bits per heavy atom. The van der Waals surface area contributed by atoms with E-state index in [0.29, 0.717) is 0 Å². The third kappa shape index (κ3) is 7.53. The van der Waals surface area contributed by atoms with Gasteiger partial charge in [-0.3, -0.25) is 0 Å². The molecular formula is C19H40O2Sn. The molecule has 0 saturated carbocycles. The molecule has 0 amide bonds. The summed E-state index contributed by atoms with van der Waals surface area (Å²) in [6, 6.07) is 0. The fourth-order valence-corrected chi connectivity index (χ4v) is 18.9. The summed E-state index contributed by atoms with van der Waals surface area (Å²) < 4.78 is 17.0. The quantitative estimate of drug-likeness (QED) is 0.258. The third-order valence-electron chi connectivity index (χ3n) is 4.89. The van der Waals surface area contributed by atoms with Crippen molar-refractivity contribution in [2.24, 2.45) is 0 Å². The molecule has 0 radical (unpaired) electrons. The second kappa shape index (κ2) is 9.27. The van der Waals surface area contributed by atoms with E-state index in [1.165, 1.54) is 51.8 Å². The van der Waals surface area contributed by atoms with Gasteiger partial charge in [0.05, 0.1) is 0 Å². The topological polar surface area (TPSA) is 21.8 Å². The van der Waals surface area contributed by atoms with Gasteiger partial charge in [-0.05, 0) is 0 Å². The molecule has 1 rings (SSSR count). The molecule has 0 aromatic carbocycles. The molecule has 0 bridgehead atoms. The van der Waals surface area contributed by atoms with E-state index in [2.05, 4.69) is 41.5 Å². The molecule has 1 fully saturated rings. The first kappa shape index (κ1) is 20.8. The van der Waals surface area contributed by atoms with Gasteiger partial charge in [-0.1, -0.05) is 0 Å². The average molecular weight is 419 g/mol. The monoisotopic (exact) mass is 420 g/mol. The van der Waals surface area contributed by atoms with Gasteiger partial charge >= 0.3 is 144 Å². The second-order valence-corrected chi connectivity index (χ2v) is 19.9. The summed E-state index contributed by atoms with van der Waals surface area (Å²) in [5.41, 5.74) is 0.0952. The van der Waals surface area contributed by atoms with Crippen LogP contribution >= 0.6 is 0 Å². The Balaban J connectivity index is 2.78. The Morgan fingerprint density at radius 1 is 0.955 bits per heavy atom. The van der Waals surface area contributed by atoms with E-state index in [4.69, 9.17) is 7.81 Å². The molecule has 1 unspecified atom stereocenters. The van der Waals surface area contributed by atoms with Gasteiger partial charge in [0.2, 0.25) is 0 Å². The molecule has 132 valence electrons. The number of unbranched alkanes of at least 4 members (excludes halogenated alkanes) is 3. The van der Waals surface area contributed by atoms with E-state index in [9.17, 15) is 0 Å². The summed E-state index contributed by atoms with van der Waals surface area (Å²) in [7, 11) is 0. The first-order valence-corrected chi connectivity index (χ1v) is 16.9. The summed E-state index contributed by atoms with van der Waals surface area (Å²) in [4.78, 5) is 0. The van der Waals surface area contributed by atoms with Gasteiger partial charge in [0.1, 0.15) is 0 Å². The van der Waals surface area contributed by atoms with E-state index in [-0.39, 0.29) is 11.2 Å². The zero-order valence-corrected chi connectivity index (χ0v) is 18.9. The van der Waals surface area contributed by atoms with Gasteiger partial charge < -0.3 is 0 Å². The molecule has 1 atom stereocenters. The maximum absolute atomic E-state index is 7.08. The third-order valence-corrected chi connectivity index (χ3v) is 18.5. The molecule has 1 aliphatic rings. The fourth-order valence-electron chi connectivity index (χ4n) is 3.77. The van der Waals surface area contributed by atoms with Crippen LogP contribution in [0.15, 0.2) is 0 Å². The summed E-state index contributed by atoms with van der Waals surface area (Å²) in [5.74, 6) is 0. The fraction of sp³-hybridized carbons (Fsp3) is 1.00. The first-order chi connectivity index (χ1) is 10.3. The average Bonchev–Trinajstić information content (AvgIpc) is 3.16. The molecule has 0 aromatic heterocycles. The predicted octanol–water partition coefficient (Wildman–Crippen LogP) is 6.31. The number of ether oxygens (including phenoxy) is 1. The van der Waals surface area contributed by atoms with Gasteiger partial charge in [0, 0.05) is 0 Å². The Hall–Kier alpha value is 0.719. The molecule has 0 aliphatic carbocycles. The van der Waals surface area contributed by atoms with Gasteiger partial charge in [0.15, 0.2) is 0 Å². The van der Waals surface area contributed by atoms with Gasteiger partial charge in [0.25, 0.3) is 0 Å². The molecule has 0 aromatic rings. The normalized spacial score (nSPS) is 22.1. The van der Waals surface area contributed by atoms with Crippen LogP contribution in [-0.4, -0.2) is 36.6 Å². The summed E-state index contributed by atoms with van der Waals surface area (Å²) in [6.07, 6.45) is 9.09. The van der Waals surface area contributed by atoms with Crippen molar-refractivity contribution in [1.82, 2.24) is 0 Å². The molecule has 0 N–H and O–H groups in total.